The van der Waals surface area contributed by atoms with E-state index in [4.69, 9.17) is 0 Å². The average Bonchev–Trinajstić information content (AvgIpc) is 2.18. The number of nitrogens with zero attached hydrogens (tertiary/aromatic N) is 2. The van der Waals surface area contributed by atoms with Gasteiger partial charge < -0.3 is 0 Å². The van der Waals surface area contributed by atoms with Gasteiger partial charge in [-0.2, -0.15) is 0 Å². The van der Waals surface area contributed by atoms with Crippen molar-refractivity contribution in [2.45, 2.75) is 6.92 Å². The predicted octanol–water partition coefficient (Wildman–Crippen LogP) is 3.30. The molecule has 0 amide bonds. The first kappa shape index (κ1) is 11.1. The van der Waals surface area contributed by atoms with E-state index in [9.17, 15) is 0 Å². The van der Waals surface area contributed by atoms with Crippen LogP contribution in [0.15, 0.2) is 42.3 Å². The number of hydrogen-bond acceptors (Lipinski definition) is 2. The second-order valence-corrected chi connectivity index (χ2v) is 3.77. The monoisotopic (exact) mass is 298 g/mol. The lowest BCUT2D eigenvalue weighted by molar-refractivity contribution is 1.29. The zero-order valence-corrected chi connectivity index (χ0v) is 10.1. The van der Waals surface area contributed by atoms with Crippen LogP contribution in [0, 0.1) is 3.57 Å². The van der Waals surface area contributed by atoms with E-state index >= 15 is 0 Å². The molecule has 0 aliphatic heterocycles. The number of rotatable bonds is 3. The molecule has 0 aliphatic carbocycles. The molecule has 14 heavy (non-hydrogen) atoms. The summed E-state index contributed by atoms with van der Waals surface area (Å²) in [6.07, 6.45) is 8.92. The van der Waals surface area contributed by atoms with Crippen LogP contribution in [-0.4, -0.2) is 11.2 Å². The number of pyridine rings is 1. The average molecular weight is 298 g/mol. The lowest BCUT2D eigenvalue weighted by Crippen LogP contribution is -1.85. The molecule has 2 nitrogen and oxygen atoms in total. The first-order valence-corrected chi connectivity index (χ1v) is 5.26. The Balaban J connectivity index is 2.85. The van der Waals surface area contributed by atoms with Gasteiger partial charge in [-0.1, -0.05) is 6.58 Å². The fourth-order valence-corrected chi connectivity index (χ4v) is 1.57. The van der Waals surface area contributed by atoms with Gasteiger partial charge in [0, 0.05) is 33.9 Å². The number of aromatic nitrogens is 1. The Hall–Kier alpha value is -0.970. The Kier molecular flexibility index (Phi) is 4.52. The van der Waals surface area contributed by atoms with E-state index in [1.807, 2.05) is 25.3 Å². The van der Waals surface area contributed by atoms with Gasteiger partial charge in [-0.15, -0.1) is 0 Å². The summed E-state index contributed by atoms with van der Waals surface area (Å²) in [5, 5.41) is 0. The smallest absolute Gasteiger partial charge is 0.0356 e. The van der Waals surface area contributed by atoms with Crippen LogP contribution in [0.4, 0.5) is 0 Å². The molecular weight excluding hydrogens is 287 g/mol. The molecule has 1 aromatic heterocycles. The van der Waals surface area contributed by atoms with Crippen molar-refractivity contribution in [1.29, 1.82) is 0 Å². The maximum absolute atomic E-state index is 4.06. The highest BCUT2D eigenvalue weighted by molar-refractivity contribution is 14.1. The molecule has 0 unspecified atom stereocenters. The van der Waals surface area contributed by atoms with Gasteiger partial charge in [0.25, 0.3) is 0 Å². The fraction of sp³-hybridized carbons (Fsp3) is 0.0909. The highest BCUT2D eigenvalue weighted by Gasteiger charge is 1.99. The topological polar surface area (TPSA) is 25.2 Å². The van der Waals surface area contributed by atoms with Gasteiger partial charge in [0.1, 0.15) is 0 Å². The van der Waals surface area contributed by atoms with Crippen LogP contribution in [0.1, 0.15) is 12.5 Å². The van der Waals surface area contributed by atoms with E-state index in [-0.39, 0.29) is 0 Å². The van der Waals surface area contributed by atoms with Gasteiger partial charge in [0.05, 0.1) is 0 Å². The number of hydrogen-bond donors (Lipinski definition) is 0. The van der Waals surface area contributed by atoms with Crippen molar-refractivity contribution in [1.82, 2.24) is 4.98 Å². The van der Waals surface area contributed by atoms with Crippen molar-refractivity contribution in [3.05, 3.63) is 46.4 Å². The molecule has 0 spiro atoms. The molecule has 0 N–H and O–H groups in total. The van der Waals surface area contributed by atoms with Crippen LogP contribution >= 0.6 is 22.6 Å². The molecule has 1 rings (SSSR count). The van der Waals surface area contributed by atoms with Crippen LogP contribution in [0.25, 0.3) is 5.57 Å². The lowest BCUT2D eigenvalue weighted by atomic mass is 10.1. The highest BCUT2D eigenvalue weighted by atomic mass is 127. The predicted molar refractivity (Wildman–Crippen MR) is 69.3 cm³/mol. The summed E-state index contributed by atoms with van der Waals surface area (Å²) in [6, 6.07) is 1.96. The van der Waals surface area contributed by atoms with Gasteiger partial charge in [-0.25, -0.2) is 0 Å². The van der Waals surface area contributed by atoms with Crippen LogP contribution in [0.5, 0.6) is 0 Å². The summed E-state index contributed by atoms with van der Waals surface area (Å²) in [5.41, 5.74) is 1.98. The van der Waals surface area contributed by atoms with Gasteiger partial charge in [0.2, 0.25) is 0 Å². The third-order valence-corrected chi connectivity index (χ3v) is 2.57. The summed E-state index contributed by atoms with van der Waals surface area (Å²) < 4.78 is 1.15. The molecule has 0 saturated heterocycles. The number of halogens is 1. The summed E-state index contributed by atoms with van der Waals surface area (Å²) in [7, 11) is 0. The highest BCUT2D eigenvalue weighted by Crippen LogP contribution is 2.19. The van der Waals surface area contributed by atoms with Gasteiger partial charge >= 0.3 is 0 Å². The van der Waals surface area contributed by atoms with Crippen molar-refractivity contribution in [3.63, 3.8) is 0 Å². The minimum Gasteiger partial charge on any atom is -0.269 e. The van der Waals surface area contributed by atoms with E-state index in [1.165, 1.54) is 0 Å². The molecule has 1 heterocycles. The largest absolute Gasteiger partial charge is 0.269 e. The zero-order valence-electron chi connectivity index (χ0n) is 7.94. The molecule has 0 saturated carbocycles. The van der Waals surface area contributed by atoms with Gasteiger partial charge in [-0.3, -0.25) is 9.98 Å². The second kappa shape index (κ2) is 5.70. The number of aliphatic imine (C=N–C) groups is 1. The second-order valence-electron chi connectivity index (χ2n) is 2.60. The molecule has 0 aliphatic rings. The maximum atomic E-state index is 4.06. The number of allylic oxidation sites excluding steroid dienone is 2. The maximum Gasteiger partial charge on any atom is 0.0356 e. The molecule has 0 radical (unpaired) electrons. The zero-order chi connectivity index (χ0) is 10.4. The molecule has 0 bridgehead atoms. The SMILES string of the molecule is C=C(/C=C\N=C/C)c1cnccc1I. The summed E-state index contributed by atoms with van der Waals surface area (Å²) in [5.74, 6) is 0. The minimum atomic E-state index is 0.924. The van der Waals surface area contributed by atoms with E-state index in [1.54, 1.807) is 18.6 Å². The Morgan fingerprint density at radius 3 is 3.07 bits per heavy atom. The van der Waals surface area contributed by atoms with E-state index < -0.39 is 0 Å². The molecule has 0 fully saturated rings. The summed E-state index contributed by atoms with van der Waals surface area (Å²) in [4.78, 5) is 8.03. The molecule has 3 heteroatoms. The molecule has 1 aromatic rings. The Morgan fingerprint density at radius 1 is 1.64 bits per heavy atom. The summed E-state index contributed by atoms with van der Waals surface area (Å²) >= 11 is 2.26. The Labute approximate surface area is 97.6 Å². The third kappa shape index (κ3) is 3.06. The summed E-state index contributed by atoms with van der Waals surface area (Å²) in [6.45, 7) is 5.83. The molecule has 72 valence electrons. The quantitative estimate of drug-likeness (QED) is 0.477. The Morgan fingerprint density at radius 2 is 2.43 bits per heavy atom. The van der Waals surface area contributed by atoms with Crippen molar-refractivity contribution >= 4 is 34.4 Å². The minimum absolute atomic E-state index is 0.924. The van der Waals surface area contributed by atoms with Crippen molar-refractivity contribution in [3.8, 4) is 0 Å². The van der Waals surface area contributed by atoms with Crippen molar-refractivity contribution < 1.29 is 0 Å². The van der Waals surface area contributed by atoms with Crippen LogP contribution in [0.3, 0.4) is 0 Å². The first-order chi connectivity index (χ1) is 6.75. The van der Waals surface area contributed by atoms with Crippen molar-refractivity contribution in [2.75, 3.05) is 0 Å². The standard InChI is InChI=1S/C11H11IN2/c1-3-13-6-4-9(2)10-8-14-7-5-11(10)12/h3-8H,2H2,1H3/b6-4-,13-3-. The lowest BCUT2D eigenvalue weighted by Gasteiger charge is -2.01. The van der Waals surface area contributed by atoms with Crippen LogP contribution < -0.4 is 0 Å². The molecule has 0 atom stereocenters. The van der Waals surface area contributed by atoms with Crippen LogP contribution in [-0.2, 0) is 0 Å². The van der Waals surface area contributed by atoms with Gasteiger partial charge in [-0.05, 0) is 47.2 Å². The van der Waals surface area contributed by atoms with E-state index in [2.05, 4.69) is 39.1 Å². The van der Waals surface area contributed by atoms with E-state index in [0.29, 0.717) is 0 Å². The van der Waals surface area contributed by atoms with Crippen molar-refractivity contribution in [2.24, 2.45) is 4.99 Å². The van der Waals surface area contributed by atoms with Gasteiger partial charge in [0.15, 0.2) is 0 Å². The molecular formula is C11H11IN2. The first-order valence-electron chi connectivity index (χ1n) is 4.19. The van der Waals surface area contributed by atoms with Crippen LogP contribution in [0.2, 0.25) is 0 Å². The normalized spacial score (nSPS) is 11.3. The fourth-order valence-electron chi connectivity index (χ4n) is 0.923. The Bertz CT molecular complexity index is 381. The third-order valence-electron chi connectivity index (χ3n) is 1.62. The molecule has 0 aromatic carbocycles. The van der Waals surface area contributed by atoms with E-state index in [0.717, 1.165) is 14.7 Å².